The van der Waals surface area contributed by atoms with Gasteiger partial charge < -0.3 is 19.5 Å². The molecule has 0 amide bonds. The lowest BCUT2D eigenvalue weighted by Crippen LogP contribution is -2.32. The average molecular weight is 472 g/mol. The van der Waals surface area contributed by atoms with E-state index in [4.69, 9.17) is 14.2 Å². The predicted molar refractivity (Wildman–Crippen MR) is 141 cm³/mol. The fraction of sp³-hybridized carbons (Fsp3) is 0.300. The van der Waals surface area contributed by atoms with Crippen LogP contribution < -0.4 is 14.8 Å². The van der Waals surface area contributed by atoms with Gasteiger partial charge >= 0.3 is 5.97 Å². The number of carbonyl (C=O) groups is 1. The van der Waals surface area contributed by atoms with E-state index in [-0.39, 0.29) is 17.9 Å². The third-order valence-electron chi connectivity index (χ3n) is 6.29. The Kier molecular flexibility index (Phi) is 6.88. The van der Waals surface area contributed by atoms with Crippen molar-refractivity contribution in [3.8, 4) is 22.6 Å². The number of aryl methyl sites for hydroxylation is 1. The smallest absolute Gasteiger partial charge is 0.310 e. The molecule has 3 aromatic carbocycles. The molecular formula is C30H33NO4. The molecule has 5 nitrogen and oxygen atoms in total. The molecule has 1 aliphatic heterocycles. The minimum Gasteiger partial charge on any atom is -0.496 e. The Morgan fingerprint density at radius 3 is 2.46 bits per heavy atom. The Bertz CT molecular complexity index is 1290. The molecule has 0 unspecified atom stereocenters. The van der Waals surface area contributed by atoms with E-state index in [0.29, 0.717) is 12.4 Å². The van der Waals surface area contributed by atoms with Crippen molar-refractivity contribution in [1.29, 1.82) is 0 Å². The Morgan fingerprint density at radius 2 is 1.71 bits per heavy atom. The van der Waals surface area contributed by atoms with E-state index in [2.05, 4.69) is 63.4 Å². The van der Waals surface area contributed by atoms with Crippen molar-refractivity contribution < 1.29 is 19.0 Å². The Labute approximate surface area is 207 Å². The van der Waals surface area contributed by atoms with E-state index in [1.165, 1.54) is 12.7 Å². The van der Waals surface area contributed by atoms with Crippen LogP contribution in [0.2, 0.25) is 0 Å². The summed E-state index contributed by atoms with van der Waals surface area (Å²) < 4.78 is 17.0. The van der Waals surface area contributed by atoms with Crippen molar-refractivity contribution >= 4 is 17.2 Å². The van der Waals surface area contributed by atoms with Gasteiger partial charge in [-0.1, -0.05) is 42.0 Å². The first-order valence-electron chi connectivity index (χ1n) is 11.8. The van der Waals surface area contributed by atoms with Crippen LogP contribution in [0.4, 0.5) is 5.69 Å². The number of hydrogen-bond acceptors (Lipinski definition) is 5. The average Bonchev–Trinajstić information content (AvgIpc) is 2.82. The molecule has 1 heterocycles. The third kappa shape index (κ3) is 5.19. The summed E-state index contributed by atoms with van der Waals surface area (Å²) in [5, 5.41) is 3.64. The van der Waals surface area contributed by atoms with E-state index >= 15 is 0 Å². The van der Waals surface area contributed by atoms with Gasteiger partial charge in [-0.05, 0) is 63.1 Å². The minimum absolute atomic E-state index is 0.148. The predicted octanol–water partition coefficient (Wildman–Crippen LogP) is 6.57. The maximum Gasteiger partial charge on any atom is 0.310 e. The molecule has 5 heteroatoms. The number of fused-ring (bicyclic) bond motifs is 1. The van der Waals surface area contributed by atoms with Crippen LogP contribution in [-0.4, -0.2) is 25.7 Å². The van der Waals surface area contributed by atoms with Crippen LogP contribution in [0, 0.1) is 6.92 Å². The highest BCUT2D eigenvalue weighted by Gasteiger charge is 2.27. The molecule has 0 spiro atoms. The van der Waals surface area contributed by atoms with Gasteiger partial charge in [0, 0.05) is 27.9 Å². The molecule has 1 N–H and O–H groups in total. The molecule has 0 aliphatic carbocycles. The van der Waals surface area contributed by atoms with Crippen LogP contribution in [0.5, 0.6) is 11.5 Å². The number of benzene rings is 3. The molecule has 182 valence electrons. The van der Waals surface area contributed by atoms with Gasteiger partial charge in [0.1, 0.15) is 18.1 Å². The first kappa shape index (κ1) is 24.4. The standard InChI is InChI=1S/C30H33NO4/c1-19-11-14-27(33-5)23(15-19)22-12-13-25-29(20(2)17-30(3,4)31-25)24(22)18-35-26-10-8-7-9-21(26)16-28(32)34-6/h7-15,17,31H,16,18H2,1-6H3. The van der Waals surface area contributed by atoms with Gasteiger partial charge in [-0.15, -0.1) is 0 Å². The minimum atomic E-state index is -0.298. The third-order valence-corrected chi connectivity index (χ3v) is 6.29. The molecule has 0 atom stereocenters. The number of para-hydroxylation sites is 1. The lowest BCUT2D eigenvalue weighted by atomic mass is 9.85. The summed E-state index contributed by atoms with van der Waals surface area (Å²) in [5.41, 5.74) is 8.35. The number of methoxy groups -OCH3 is 2. The van der Waals surface area contributed by atoms with Gasteiger partial charge in [0.15, 0.2) is 0 Å². The molecule has 3 aromatic rings. The Hall–Kier alpha value is -3.73. The summed E-state index contributed by atoms with van der Waals surface area (Å²) in [5.74, 6) is 1.19. The zero-order chi connectivity index (χ0) is 25.2. The number of ether oxygens (including phenoxy) is 3. The molecule has 0 fully saturated rings. The first-order valence-corrected chi connectivity index (χ1v) is 11.8. The summed E-state index contributed by atoms with van der Waals surface area (Å²) in [4.78, 5) is 11.9. The molecule has 0 saturated carbocycles. The monoisotopic (exact) mass is 471 g/mol. The molecule has 0 saturated heterocycles. The molecule has 0 bridgehead atoms. The molecule has 35 heavy (non-hydrogen) atoms. The normalized spacial score (nSPS) is 13.8. The maximum absolute atomic E-state index is 11.9. The zero-order valence-electron chi connectivity index (χ0n) is 21.3. The maximum atomic E-state index is 11.9. The highest BCUT2D eigenvalue weighted by molar-refractivity contribution is 5.88. The highest BCUT2D eigenvalue weighted by atomic mass is 16.5. The van der Waals surface area contributed by atoms with Crippen LogP contribution in [0.3, 0.4) is 0 Å². The molecule has 1 aliphatic rings. The van der Waals surface area contributed by atoms with Crippen LogP contribution in [0.1, 0.15) is 43.0 Å². The van der Waals surface area contributed by atoms with Gasteiger partial charge in [-0.2, -0.15) is 0 Å². The number of rotatable bonds is 7. The van der Waals surface area contributed by atoms with Crippen molar-refractivity contribution in [2.24, 2.45) is 0 Å². The number of anilines is 1. The van der Waals surface area contributed by atoms with Gasteiger partial charge in [0.05, 0.1) is 26.2 Å². The van der Waals surface area contributed by atoms with Crippen molar-refractivity contribution in [2.45, 2.75) is 46.3 Å². The fourth-order valence-corrected chi connectivity index (χ4v) is 4.80. The van der Waals surface area contributed by atoms with Crippen molar-refractivity contribution in [2.75, 3.05) is 19.5 Å². The van der Waals surface area contributed by atoms with E-state index in [0.717, 1.165) is 44.8 Å². The second-order valence-corrected chi connectivity index (χ2v) is 9.54. The summed E-state index contributed by atoms with van der Waals surface area (Å²) >= 11 is 0. The van der Waals surface area contributed by atoms with E-state index in [9.17, 15) is 4.79 Å². The Morgan fingerprint density at radius 1 is 0.943 bits per heavy atom. The quantitative estimate of drug-likeness (QED) is 0.395. The zero-order valence-corrected chi connectivity index (χ0v) is 21.3. The SMILES string of the molecule is COC(=O)Cc1ccccc1OCc1c(-c2cc(C)ccc2OC)ccc2c1C(C)=CC(C)(C)N2. The molecule has 0 aromatic heterocycles. The number of hydrogen-bond donors (Lipinski definition) is 1. The van der Waals surface area contributed by atoms with Gasteiger partial charge in [-0.3, -0.25) is 4.79 Å². The molecule has 0 radical (unpaired) electrons. The van der Waals surface area contributed by atoms with E-state index < -0.39 is 0 Å². The van der Waals surface area contributed by atoms with E-state index in [1.807, 2.05) is 30.3 Å². The van der Waals surface area contributed by atoms with E-state index in [1.54, 1.807) is 7.11 Å². The first-order chi connectivity index (χ1) is 16.7. The van der Waals surface area contributed by atoms with Crippen LogP contribution >= 0.6 is 0 Å². The largest absolute Gasteiger partial charge is 0.496 e. The number of nitrogens with one attached hydrogen (secondary N) is 1. The van der Waals surface area contributed by atoms with Crippen molar-refractivity contribution in [3.05, 3.63) is 82.9 Å². The van der Waals surface area contributed by atoms with Crippen LogP contribution in [0.15, 0.2) is 60.7 Å². The topological polar surface area (TPSA) is 56.8 Å². The van der Waals surface area contributed by atoms with Crippen LogP contribution in [0.25, 0.3) is 16.7 Å². The highest BCUT2D eigenvalue weighted by Crippen LogP contribution is 2.43. The molecular weight excluding hydrogens is 438 g/mol. The fourth-order valence-electron chi connectivity index (χ4n) is 4.80. The summed E-state index contributed by atoms with van der Waals surface area (Å²) in [6.07, 6.45) is 2.41. The van der Waals surface area contributed by atoms with Gasteiger partial charge in [0.2, 0.25) is 0 Å². The second kappa shape index (κ2) is 9.87. The summed E-state index contributed by atoms with van der Waals surface area (Å²) in [6.45, 7) is 8.89. The number of allylic oxidation sites excluding steroid dienone is 1. The summed E-state index contributed by atoms with van der Waals surface area (Å²) in [6, 6.07) is 18.1. The lowest BCUT2D eigenvalue weighted by molar-refractivity contribution is -0.139. The number of carbonyl (C=O) groups excluding carboxylic acids is 1. The lowest BCUT2D eigenvalue weighted by Gasteiger charge is -2.33. The second-order valence-electron chi connectivity index (χ2n) is 9.54. The van der Waals surface area contributed by atoms with Gasteiger partial charge in [0.25, 0.3) is 0 Å². The van der Waals surface area contributed by atoms with Gasteiger partial charge in [-0.25, -0.2) is 0 Å². The van der Waals surface area contributed by atoms with Crippen molar-refractivity contribution in [3.63, 3.8) is 0 Å². The van der Waals surface area contributed by atoms with Crippen molar-refractivity contribution in [1.82, 2.24) is 0 Å². The number of esters is 1. The molecule has 4 rings (SSSR count). The summed E-state index contributed by atoms with van der Waals surface area (Å²) in [7, 11) is 3.09. The Balaban J connectivity index is 1.83. The van der Waals surface area contributed by atoms with Crippen LogP contribution in [-0.2, 0) is 22.6 Å².